The van der Waals surface area contributed by atoms with Crippen molar-refractivity contribution in [3.63, 3.8) is 0 Å². The van der Waals surface area contributed by atoms with Crippen LogP contribution in [0.2, 0.25) is 0 Å². The molecule has 3 N–H and O–H groups in total. The van der Waals surface area contributed by atoms with Gasteiger partial charge in [0.2, 0.25) is 0 Å². The van der Waals surface area contributed by atoms with Gasteiger partial charge in [0.1, 0.15) is 5.75 Å². The minimum atomic E-state index is -4.51. The third kappa shape index (κ3) is 5.73. The predicted octanol–water partition coefficient (Wildman–Crippen LogP) is 3.20. The van der Waals surface area contributed by atoms with Gasteiger partial charge in [0.15, 0.2) is 9.84 Å². The highest BCUT2D eigenvalue weighted by Gasteiger charge is 2.15. The molecule has 0 aromatic heterocycles. The summed E-state index contributed by atoms with van der Waals surface area (Å²) in [6, 6.07) is 12.7. The van der Waals surface area contributed by atoms with E-state index in [4.69, 9.17) is 11.6 Å². The van der Waals surface area contributed by atoms with Gasteiger partial charge in [-0.3, -0.25) is 9.35 Å². The number of alkyl halides is 1. The second-order valence-electron chi connectivity index (χ2n) is 6.79. The number of halogens is 1. The Bertz CT molecular complexity index is 1350. The van der Waals surface area contributed by atoms with Crippen molar-refractivity contribution in [2.24, 2.45) is 0 Å². The van der Waals surface area contributed by atoms with Gasteiger partial charge >= 0.3 is 0 Å². The fraction of sp³-hybridized carbons (Fsp3) is 0.150. The largest absolute Gasteiger partial charge is 0.507 e. The first-order valence-corrected chi connectivity index (χ1v) is 12.7. The zero-order chi connectivity index (χ0) is 22.8. The van der Waals surface area contributed by atoms with Gasteiger partial charge in [0, 0.05) is 28.6 Å². The first-order chi connectivity index (χ1) is 14.5. The maximum atomic E-state index is 12.5. The van der Waals surface area contributed by atoms with Crippen molar-refractivity contribution in [1.29, 1.82) is 0 Å². The number of fused-ring (bicyclic) bond motifs is 1. The van der Waals surface area contributed by atoms with Crippen LogP contribution in [0, 0.1) is 0 Å². The van der Waals surface area contributed by atoms with E-state index in [1.165, 1.54) is 48.5 Å². The molecule has 0 aliphatic carbocycles. The van der Waals surface area contributed by atoms with Gasteiger partial charge in [-0.1, -0.05) is 12.1 Å². The number of aromatic hydroxyl groups is 1. The number of nitrogens with one attached hydrogen (secondary N) is 1. The molecule has 0 saturated carbocycles. The Labute approximate surface area is 184 Å². The fourth-order valence-corrected chi connectivity index (χ4v) is 5.27. The number of sulfone groups is 1. The highest BCUT2D eigenvalue weighted by Crippen LogP contribution is 2.30. The zero-order valence-corrected chi connectivity index (χ0v) is 18.3. The molecule has 0 unspecified atom stereocenters. The molecule has 0 bridgehead atoms. The van der Waals surface area contributed by atoms with E-state index in [0.717, 1.165) is 6.07 Å². The van der Waals surface area contributed by atoms with E-state index in [2.05, 4.69) is 5.32 Å². The van der Waals surface area contributed by atoms with Crippen LogP contribution >= 0.6 is 11.6 Å². The number of anilines is 1. The molecular weight excluding hydrogens is 466 g/mol. The lowest BCUT2D eigenvalue weighted by atomic mass is 10.1. The number of hydrogen-bond donors (Lipinski definition) is 3. The van der Waals surface area contributed by atoms with Crippen molar-refractivity contribution < 1.29 is 31.3 Å². The summed E-state index contributed by atoms with van der Waals surface area (Å²) in [5.41, 5.74) is 1.15. The molecule has 0 radical (unpaired) electrons. The van der Waals surface area contributed by atoms with E-state index in [9.17, 15) is 31.3 Å². The van der Waals surface area contributed by atoms with Crippen LogP contribution in [-0.2, 0) is 25.7 Å². The minimum absolute atomic E-state index is 0.0120. The monoisotopic (exact) mass is 483 g/mol. The smallest absolute Gasteiger partial charge is 0.294 e. The van der Waals surface area contributed by atoms with E-state index in [1.54, 1.807) is 0 Å². The summed E-state index contributed by atoms with van der Waals surface area (Å²) in [4.78, 5) is 12.0. The molecule has 164 valence electrons. The molecule has 11 heteroatoms. The molecule has 3 rings (SSSR count). The molecule has 0 aliphatic heterocycles. The van der Waals surface area contributed by atoms with Crippen LogP contribution in [0.15, 0.2) is 59.5 Å². The molecule has 3 aromatic rings. The molecule has 31 heavy (non-hydrogen) atoms. The number of phenols is 1. The Balaban J connectivity index is 1.81. The number of rotatable bonds is 7. The van der Waals surface area contributed by atoms with Crippen molar-refractivity contribution in [2.45, 2.75) is 10.6 Å². The SMILES string of the molecule is O=C(Nc1ccc2c(O)cc(S(=O)(=O)O)cc2c1)c1ccc(CS(=O)(=O)CCCl)cc1. The molecule has 0 fully saturated rings. The average molecular weight is 484 g/mol. The summed E-state index contributed by atoms with van der Waals surface area (Å²) in [6.45, 7) is 0. The van der Waals surface area contributed by atoms with Crippen LogP contribution in [-0.4, -0.2) is 44.0 Å². The fourth-order valence-electron chi connectivity index (χ4n) is 2.95. The van der Waals surface area contributed by atoms with Crippen molar-refractivity contribution >= 4 is 53.9 Å². The quantitative estimate of drug-likeness (QED) is 0.346. The van der Waals surface area contributed by atoms with E-state index < -0.39 is 30.8 Å². The predicted molar refractivity (Wildman–Crippen MR) is 118 cm³/mol. The first-order valence-electron chi connectivity index (χ1n) is 8.89. The maximum absolute atomic E-state index is 12.5. The summed E-state index contributed by atoms with van der Waals surface area (Å²) in [7, 11) is -7.83. The Hall–Kier alpha value is -2.66. The Kier molecular flexibility index (Phi) is 6.56. The van der Waals surface area contributed by atoms with Gasteiger partial charge in [0.05, 0.1) is 16.4 Å². The lowest BCUT2D eigenvalue weighted by Gasteiger charge is -2.09. The van der Waals surface area contributed by atoms with E-state index >= 15 is 0 Å². The number of hydrogen-bond acceptors (Lipinski definition) is 6. The normalized spacial score (nSPS) is 12.1. The molecule has 0 atom stereocenters. The number of benzene rings is 3. The molecule has 1 amide bonds. The second kappa shape index (κ2) is 8.83. The summed E-state index contributed by atoms with van der Waals surface area (Å²) in [5.74, 6) is -1.09. The highest BCUT2D eigenvalue weighted by atomic mass is 35.5. The summed E-state index contributed by atoms with van der Waals surface area (Å²) < 4.78 is 55.6. The van der Waals surface area contributed by atoms with Crippen LogP contribution < -0.4 is 5.32 Å². The molecule has 3 aromatic carbocycles. The molecule has 0 spiro atoms. The lowest BCUT2D eigenvalue weighted by molar-refractivity contribution is 0.102. The van der Waals surface area contributed by atoms with Crippen LogP contribution in [0.3, 0.4) is 0 Å². The molecular formula is C20H18ClNO7S2. The highest BCUT2D eigenvalue weighted by molar-refractivity contribution is 7.90. The van der Waals surface area contributed by atoms with E-state index in [1.807, 2.05) is 0 Å². The third-order valence-electron chi connectivity index (χ3n) is 4.45. The zero-order valence-electron chi connectivity index (χ0n) is 15.9. The maximum Gasteiger partial charge on any atom is 0.294 e. The number of amides is 1. The standard InChI is InChI=1S/C20H18ClNO7S2/c21-7-8-30(25,26)12-13-1-3-14(4-2-13)20(24)22-16-5-6-18-15(9-16)10-17(11-19(18)23)31(27,28)29/h1-6,9-11,23H,7-8,12H2,(H,22,24)(H,27,28,29). The minimum Gasteiger partial charge on any atom is -0.507 e. The van der Waals surface area contributed by atoms with Gasteiger partial charge < -0.3 is 10.4 Å². The third-order valence-corrected chi connectivity index (χ3v) is 7.29. The van der Waals surface area contributed by atoms with Crippen molar-refractivity contribution in [1.82, 2.24) is 0 Å². The lowest BCUT2D eigenvalue weighted by Crippen LogP contribution is -2.13. The Morgan fingerprint density at radius 1 is 0.968 bits per heavy atom. The molecule has 0 aliphatic rings. The van der Waals surface area contributed by atoms with Crippen LogP contribution in [0.4, 0.5) is 5.69 Å². The molecule has 0 saturated heterocycles. The average Bonchev–Trinajstić information content (AvgIpc) is 2.67. The van der Waals surface area contributed by atoms with Gasteiger partial charge in [-0.25, -0.2) is 8.42 Å². The van der Waals surface area contributed by atoms with Crippen LogP contribution in [0.1, 0.15) is 15.9 Å². The first kappa shape index (κ1) is 23.0. The summed E-state index contributed by atoms with van der Waals surface area (Å²) in [6.07, 6.45) is 0. The number of carbonyl (C=O) groups is 1. The van der Waals surface area contributed by atoms with Crippen molar-refractivity contribution in [3.8, 4) is 5.75 Å². The summed E-state index contributed by atoms with van der Waals surface area (Å²) >= 11 is 5.48. The molecule has 0 heterocycles. The van der Waals surface area contributed by atoms with Gasteiger partial charge in [0.25, 0.3) is 16.0 Å². The molecule has 8 nitrogen and oxygen atoms in total. The topological polar surface area (TPSA) is 138 Å². The van der Waals surface area contributed by atoms with Crippen molar-refractivity contribution in [2.75, 3.05) is 16.9 Å². The van der Waals surface area contributed by atoms with Gasteiger partial charge in [-0.2, -0.15) is 8.42 Å². The van der Waals surface area contributed by atoms with E-state index in [-0.39, 0.29) is 28.7 Å². The number of phenolic OH excluding ortho intramolecular Hbond substituents is 1. The van der Waals surface area contributed by atoms with Gasteiger partial charge in [-0.05, 0) is 47.3 Å². The van der Waals surface area contributed by atoms with Crippen LogP contribution in [0.25, 0.3) is 10.8 Å². The van der Waals surface area contributed by atoms with E-state index in [0.29, 0.717) is 22.0 Å². The Morgan fingerprint density at radius 2 is 1.65 bits per heavy atom. The number of carbonyl (C=O) groups excluding carboxylic acids is 1. The van der Waals surface area contributed by atoms with Crippen molar-refractivity contribution in [3.05, 3.63) is 65.7 Å². The van der Waals surface area contributed by atoms with Gasteiger partial charge in [-0.15, -0.1) is 11.6 Å². The van der Waals surface area contributed by atoms with Crippen LogP contribution in [0.5, 0.6) is 5.75 Å². The second-order valence-corrected chi connectivity index (χ2v) is 10.8. The summed E-state index contributed by atoms with van der Waals surface area (Å²) in [5, 5.41) is 13.3. The Morgan fingerprint density at radius 3 is 2.26 bits per heavy atom.